The Morgan fingerprint density at radius 3 is 2.83 bits per heavy atom. The Morgan fingerprint density at radius 2 is 2.06 bits per heavy atom. The number of nitrogens with one attached hydrogen (secondary N) is 1. The smallest absolute Gasteiger partial charge is 0.122 e. The number of aromatic nitrogens is 2. The summed E-state index contributed by atoms with van der Waals surface area (Å²) >= 11 is 5.79. The molecular weight excluding hydrogens is 246 g/mol. The Balaban J connectivity index is 1.79. The van der Waals surface area contributed by atoms with E-state index in [1.54, 1.807) is 0 Å². The second-order valence-corrected chi connectivity index (χ2v) is 5.27. The van der Waals surface area contributed by atoms with Gasteiger partial charge in [-0.3, -0.25) is 4.90 Å². The lowest BCUT2D eigenvalue weighted by Gasteiger charge is -2.26. The number of H-pyrrole nitrogens is 1. The number of hydrogen-bond acceptors (Lipinski definition) is 2. The minimum atomic E-state index is 0.441. The summed E-state index contributed by atoms with van der Waals surface area (Å²) in [6.45, 7) is 3.51. The van der Waals surface area contributed by atoms with Crippen molar-refractivity contribution in [2.75, 3.05) is 13.1 Å². The minimum absolute atomic E-state index is 0.441. The van der Waals surface area contributed by atoms with Crippen LogP contribution in [0.1, 0.15) is 30.7 Å². The number of benzene rings is 1. The number of nitrogens with zero attached hydrogens (tertiary/aromatic N) is 2. The monoisotopic (exact) mass is 263 g/mol. The molecule has 18 heavy (non-hydrogen) atoms. The van der Waals surface area contributed by atoms with Crippen LogP contribution in [0.2, 0.25) is 0 Å². The van der Waals surface area contributed by atoms with Crippen LogP contribution in [-0.2, 0) is 12.4 Å². The zero-order valence-corrected chi connectivity index (χ0v) is 11.2. The predicted molar refractivity (Wildman–Crippen MR) is 74.8 cm³/mol. The molecule has 96 valence electrons. The van der Waals surface area contributed by atoms with Crippen LogP contribution in [0.25, 0.3) is 11.0 Å². The first-order chi connectivity index (χ1) is 8.85. The average molecular weight is 264 g/mol. The first-order valence-electron chi connectivity index (χ1n) is 6.61. The lowest BCUT2D eigenvalue weighted by molar-refractivity contribution is 0.221. The maximum Gasteiger partial charge on any atom is 0.122 e. The molecule has 1 fully saturated rings. The molecule has 1 aromatic heterocycles. The van der Waals surface area contributed by atoms with Gasteiger partial charge in [-0.25, -0.2) is 4.98 Å². The van der Waals surface area contributed by atoms with Gasteiger partial charge in [0.05, 0.1) is 16.9 Å². The van der Waals surface area contributed by atoms with Crippen molar-refractivity contribution in [2.45, 2.75) is 31.7 Å². The Hall–Kier alpha value is -1.06. The molecule has 0 aliphatic carbocycles. The maximum absolute atomic E-state index is 5.79. The summed E-state index contributed by atoms with van der Waals surface area (Å²) in [7, 11) is 0. The number of fused-ring (bicyclic) bond motifs is 1. The van der Waals surface area contributed by atoms with E-state index in [0.717, 1.165) is 23.4 Å². The van der Waals surface area contributed by atoms with Gasteiger partial charge in [0.1, 0.15) is 5.82 Å². The van der Waals surface area contributed by atoms with Crippen molar-refractivity contribution < 1.29 is 0 Å². The fourth-order valence-electron chi connectivity index (χ4n) is 2.65. The first kappa shape index (κ1) is 12.0. The van der Waals surface area contributed by atoms with E-state index < -0.39 is 0 Å². The van der Waals surface area contributed by atoms with Gasteiger partial charge in [0.2, 0.25) is 0 Å². The van der Waals surface area contributed by atoms with Crippen molar-refractivity contribution in [1.82, 2.24) is 14.9 Å². The fraction of sp³-hybridized carbons (Fsp3) is 0.500. The molecule has 0 spiro atoms. The number of rotatable bonds is 3. The van der Waals surface area contributed by atoms with E-state index in [9.17, 15) is 0 Å². The number of imidazole rings is 1. The first-order valence-corrected chi connectivity index (χ1v) is 7.14. The molecule has 0 amide bonds. The Kier molecular flexibility index (Phi) is 3.52. The fourth-order valence-corrected chi connectivity index (χ4v) is 2.77. The molecule has 1 aliphatic heterocycles. The highest BCUT2D eigenvalue weighted by Crippen LogP contribution is 2.18. The Bertz CT molecular complexity index is 529. The van der Waals surface area contributed by atoms with E-state index in [-0.39, 0.29) is 0 Å². The third-order valence-electron chi connectivity index (χ3n) is 3.58. The molecule has 0 radical (unpaired) electrons. The van der Waals surface area contributed by atoms with Crippen molar-refractivity contribution in [1.29, 1.82) is 0 Å². The quantitative estimate of drug-likeness (QED) is 0.862. The summed E-state index contributed by atoms with van der Waals surface area (Å²) in [5.74, 6) is 1.29. The largest absolute Gasteiger partial charge is 0.341 e. The number of likely N-dealkylation sites (tertiary alicyclic amines) is 1. The number of hydrogen-bond donors (Lipinski definition) is 1. The highest BCUT2D eigenvalue weighted by molar-refractivity contribution is 6.16. The van der Waals surface area contributed by atoms with Gasteiger partial charge in [-0.1, -0.05) is 12.5 Å². The van der Waals surface area contributed by atoms with Crippen LogP contribution in [-0.4, -0.2) is 28.0 Å². The summed E-state index contributed by atoms with van der Waals surface area (Å²) in [6.07, 6.45) is 4.06. The maximum atomic E-state index is 5.79. The summed E-state index contributed by atoms with van der Waals surface area (Å²) in [4.78, 5) is 10.2. The van der Waals surface area contributed by atoms with E-state index in [4.69, 9.17) is 11.6 Å². The van der Waals surface area contributed by atoms with Crippen molar-refractivity contribution >= 4 is 22.6 Å². The van der Waals surface area contributed by atoms with E-state index in [0.29, 0.717) is 5.88 Å². The van der Waals surface area contributed by atoms with Gasteiger partial charge in [-0.05, 0) is 43.6 Å². The Labute approximate surface area is 112 Å². The van der Waals surface area contributed by atoms with Crippen molar-refractivity contribution in [2.24, 2.45) is 0 Å². The van der Waals surface area contributed by atoms with Gasteiger partial charge in [0.15, 0.2) is 0 Å². The molecule has 1 aromatic carbocycles. The molecule has 3 nitrogen and oxygen atoms in total. The second-order valence-electron chi connectivity index (χ2n) is 5.01. The standard InChI is InChI=1S/C14H18ClN3/c15-9-14-16-12-5-4-11(8-13(12)17-14)10-18-6-2-1-3-7-18/h4-5,8H,1-3,6-7,9-10H2,(H,16,17). The Morgan fingerprint density at radius 1 is 1.22 bits per heavy atom. The number of piperidine rings is 1. The minimum Gasteiger partial charge on any atom is -0.341 e. The molecule has 3 rings (SSSR count). The summed E-state index contributed by atoms with van der Waals surface area (Å²) in [5.41, 5.74) is 3.46. The third-order valence-corrected chi connectivity index (χ3v) is 3.83. The van der Waals surface area contributed by atoms with E-state index in [2.05, 4.69) is 33.1 Å². The van der Waals surface area contributed by atoms with Crippen molar-refractivity contribution in [3.63, 3.8) is 0 Å². The molecule has 1 N–H and O–H groups in total. The zero-order chi connectivity index (χ0) is 12.4. The third kappa shape index (κ3) is 2.52. The topological polar surface area (TPSA) is 31.9 Å². The summed E-state index contributed by atoms with van der Waals surface area (Å²) < 4.78 is 0. The highest BCUT2D eigenvalue weighted by Gasteiger charge is 2.11. The van der Waals surface area contributed by atoms with E-state index in [1.807, 2.05) is 0 Å². The average Bonchev–Trinajstić information content (AvgIpc) is 2.82. The summed E-state index contributed by atoms with van der Waals surface area (Å²) in [6, 6.07) is 6.46. The highest BCUT2D eigenvalue weighted by atomic mass is 35.5. The van der Waals surface area contributed by atoms with E-state index in [1.165, 1.54) is 37.9 Å². The van der Waals surface area contributed by atoms with Crippen molar-refractivity contribution in [3.8, 4) is 0 Å². The van der Waals surface area contributed by atoms with Gasteiger partial charge in [-0.2, -0.15) is 0 Å². The molecule has 0 bridgehead atoms. The lowest BCUT2D eigenvalue weighted by atomic mass is 10.1. The van der Waals surface area contributed by atoms with Crippen LogP contribution >= 0.6 is 11.6 Å². The van der Waals surface area contributed by atoms with Gasteiger partial charge in [0.25, 0.3) is 0 Å². The second kappa shape index (κ2) is 5.29. The van der Waals surface area contributed by atoms with Gasteiger partial charge >= 0.3 is 0 Å². The van der Waals surface area contributed by atoms with Crippen molar-refractivity contribution in [3.05, 3.63) is 29.6 Å². The number of aromatic amines is 1. The normalized spacial score (nSPS) is 17.4. The summed E-state index contributed by atoms with van der Waals surface area (Å²) in [5, 5.41) is 0. The van der Waals surface area contributed by atoms with Gasteiger partial charge in [0, 0.05) is 6.54 Å². The number of alkyl halides is 1. The SMILES string of the molecule is ClCc1nc2ccc(CN3CCCCC3)cc2[nH]1. The molecule has 0 atom stereocenters. The van der Waals surface area contributed by atoms with E-state index >= 15 is 0 Å². The molecule has 4 heteroatoms. The molecule has 1 saturated heterocycles. The molecule has 0 saturated carbocycles. The van der Waals surface area contributed by atoms with Gasteiger partial charge < -0.3 is 4.98 Å². The molecule has 1 aliphatic rings. The van der Waals surface area contributed by atoms with Crippen LogP contribution < -0.4 is 0 Å². The molecular formula is C14H18ClN3. The van der Waals surface area contributed by atoms with Crippen LogP contribution in [0.15, 0.2) is 18.2 Å². The lowest BCUT2D eigenvalue weighted by Crippen LogP contribution is -2.29. The molecule has 2 heterocycles. The van der Waals surface area contributed by atoms with Crippen LogP contribution in [0.3, 0.4) is 0 Å². The van der Waals surface area contributed by atoms with Gasteiger partial charge in [-0.15, -0.1) is 11.6 Å². The van der Waals surface area contributed by atoms with Crippen LogP contribution in [0.4, 0.5) is 0 Å². The van der Waals surface area contributed by atoms with Crippen LogP contribution in [0.5, 0.6) is 0 Å². The molecule has 2 aromatic rings. The predicted octanol–water partition coefficient (Wildman–Crippen LogP) is 3.29. The zero-order valence-electron chi connectivity index (χ0n) is 10.5. The number of halogens is 1. The molecule has 0 unspecified atom stereocenters. The van der Waals surface area contributed by atoms with Crippen LogP contribution in [0, 0.1) is 0 Å².